The van der Waals surface area contributed by atoms with Crippen molar-refractivity contribution in [3.05, 3.63) is 94.5 Å². The minimum Gasteiger partial charge on any atom is -0.744 e. The summed E-state index contributed by atoms with van der Waals surface area (Å²) in [6.07, 6.45) is 1.59. The van der Waals surface area contributed by atoms with Crippen molar-refractivity contribution in [3.63, 3.8) is 0 Å². The number of hydrogen-bond acceptors (Lipinski definition) is 8. The number of nitrogens with one attached hydrogen (secondary N) is 2. The van der Waals surface area contributed by atoms with E-state index in [0.717, 1.165) is 37.1 Å². The summed E-state index contributed by atoms with van der Waals surface area (Å²) in [7, 11) is -5.06. The number of ketones is 1. The van der Waals surface area contributed by atoms with Gasteiger partial charge >= 0.3 is 65.1 Å². The van der Waals surface area contributed by atoms with Crippen LogP contribution in [0, 0.1) is 6.07 Å². The molecular formula is C28H28N2Na2O7S. The molecule has 0 aliphatic heterocycles. The Balaban J connectivity index is 0.00000400. The van der Waals surface area contributed by atoms with Gasteiger partial charge in [-0.05, 0) is 55.4 Å². The van der Waals surface area contributed by atoms with Crippen LogP contribution in [-0.4, -0.2) is 43.7 Å². The molecule has 0 aliphatic rings. The van der Waals surface area contributed by atoms with Gasteiger partial charge in [-0.15, -0.1) is 35.4 Å². The van der Waals surface area contributed by atoms with Crippen molar-refractivity contribution in [2.24, 2.45) is 0 Å². The molecule has 0 heterocycles. The summed E-state index contributed by atoms with van der Waals surface area (Å²) in [6, 6.07) is 17.0. The summed E-state index contributed by atoms with van der Waals surface area (Å²) in [5.74, 6) is -2.27. The monoisotopic (exact) mass is 582 g/mol. The second kappa shape index (κ2) is 17.2. The van der Waals surface area contributed by atoms with Gasteiger partial charge in [0.2, 0.25) is 0 Å². The summed E-state index contributed by atoms with van der Waals surface area (Å²) in [5, 5.41) is 5.82. The van der Waals surface area contributed by atoms with Gasteiger partial charge in [-0.25, -0.2) is 13.2 Å². The molecule has 1 amide bonds. The van der Waals surface area contributed by atoms with Gasteiger partial charge in [0.05, 0.1) is 10.5 Å². The van der Waals surface area contributed by atoms with Crippen LogP contribution in [0.4, 0.5) is 0 Å². The molecule has 2 N–H and O–H groups in total. The van der Waals surface area contributed by atoms with E-state index >= 15 is 0 Å². The average molecular weight is 583 g/mol. The van der Waals surface area contributed by atoms with Gasteiger partial charge < -0.3 is 24.7 Å². The van der Waals surface area contributed by atoms with Gasteiger partial charge in [-0.3, -0.25) is 4.79 Å². The summed E-state index contributed by atoms with van der Waals surface area (Å²) >= 11 is 0. The Hall–Kier alpha value is -1.86. The smallest absolute Gasteiger partial charge is 0.744 e. The molecule has 0 radical (unpaired) electrons. The van der Waals surface area contributed by atoms with Crippen LogP contribution in [0.1, 0.15) is 68.9 Å². The van der Waals surface area contributed by atoms with Crippen LogP contribution in [0.2, 0.25) is 0 Å². The quantitative estimate of drug-likeness (QED) is 0.0454. The van der Waals surface area contributed by atoms with Gasteiger partial charge in [0.15, 0.2) is 0 Å². The van der Waals surface area contributed by atoms with Gasteiger partial charge in [0.1, 0.15) is 21.7 Å². The molecule has 0 saturated carbocycles. The molecule has 12 heteroatoms. The number of rotatable bonds is 12. The van der Waals surface area contributed by atoms with E-state index in [2.05, 4.69) is 16.7 Å². The number of esters is 1. The molecule has 0 fully saturated rings. The Kier molecular flexibility index (Phi) is 15.5. The van der Waals surface area contributed by atoms with Crippen molar-refractivity contribution in [2.75, 3.05) is 13.1 Å². The zero-order valence-electron chi connectivity index (χ0n) is 23.1. The zero-order chi connectivity index (χ0) is 27.7. The Morgan fingerprint density at radius 3 is 2.15 bits per heavy atom. The topological polar surface area (TPSA) is 142 Å². The third-order valence-corrected chi connectivity index (χ3v) is 6.44. The maximum Gasteiger partial charge on any atom is 1.00 e. The van der Waals surface area contributed by atoms with Crippen molar-refractivity contribution < 1.29 is 91.2 Å². The molecule has 3 aromatic rings. The van der Waals surface area contributed by atoms with Gasteiger partial charge in [-0.1, -0.05) is 32.4 Å². The normalized spacial score (nSPS) is 10.6. The number of hydrogen-bond donors (Lipinski definition) is 2. The van der Waals surface area contributed by atoms with Gasteiger partial charge in [0, 0.05) is 12.1 Å². The number of unbranched alkanes of at least 4 members (excludes halogenated alkanes) is 1. The molecule has 40 heavy (non-hydrogen) atoms. The van der Waals surface area contributed by atoms with Crippen LogP contribution in [0.25, 0.3) is 0 Å². The van der Waals surface area contributed by atoms with E-state index in [0.29, 0.717) is 24.2 Å². The molecule has 0 saturated heterocycles. The third-order valence-electron chi connectivity index (χ3n) is 5.58. The van der Waals surface area contributed by atoms with Gasteiger partial charge in [-0.2, -0.15) is 0 Å². The van der Waals surface area contributed by atoms with E-state index in [1.165, 1.54) is 30.3 Å². The Labute approximate surface area is 278 Å². The molecule has 0 spiro atoms. The van der Waals surface area contributed by atoms with E-state index in [-0.39, 0.29) is 76.0 Å². The molecule has 3 rings (SSSR count). The standard InChI is InChI=1S/C28H29N2O7S.2Na/c1-3-5-16-30-27(32)23-14-15-24(25(17-23)38(34,35)36)37-28(33)22-12-10-21(11-13-22)26(31)20-8-6-19(7-9-20)18-29-4-2;;/h6-8,10-15,17,29H,3-5,16,18H2,1-2H3,(H,30,32)(H,34,35,36);;/q-1;2*+1/p-1. The number of amides is 1. The van der Waals surface area contributed by atoms with Crippen LogP contribution in [-0.2, 0) is 16.7 Å². The van der Waals surface area contributed by atoms with Crippen molar-refractivity contribution in [2.45, 2.75) is 38.1 Å². The molecule has 0 atom stereocenters. The summed E-state index contributed by atoms with van der Waals surface area (Å²) in [4.78, 5) is 36.9. The maximum absolute atomic E-state index is 12.8. The molecule has 0 aromatic heterocycles. The molecule has 9 nitrogen and oxygen atoms in total. The third kappa shape index (κ3) is 10.2. The Bertz CT molecular complexity index is 1410. The van der Waals surface area contributed by atoms with Crippen molar-refractivity contribution in [1.82, 2.24) is 10.6 Å². The fraction of sp³-hybridized carbons (Fsp3) is 0.250. The van der Waals surface area contributed by atoms with Crippen LogP contribution >= 0.6 is 0 Å². The first-order valence-corrected chi connectivity index (χ1v) is 13.5. The first-order chi connectivity index (χ1) is 18.1. The number of ether oxygens (including phenoxy) is 1. The summed E-state index contributed by atoms with van der Waals surface area (Å²) in [5.41, 5.74) is 1.65. The SMILES string of the molecule is CCCCNC(=O)c1ccc(OC(=O)c2ccc(C(=O)c3[c-]cc(CNCC)cc3)cc2)c(S(=O)(=O)[O-])c1.[Na+].[Na+]. The molecule has 0 bridgehead atoms. The molecule has 200 valence electrons. The van der Waals surface area contributed by atoms with E-state index in [9.17, 15) is 27.4 Å². The largest absolute Gasteiger partial charge is 1.00 e. The molecule has 3 aromatic carbocycles. The maximum atomic E-state index is 12.8. The summed E-state index contributed by atoms with van der Waals surface area (Å²) < 4.78 is 40.6. The fourth-order valence-corrected chi connectivity index (χ4v) is 4.09. The second-order valence-corrected chi connectivity index (χ2v) is 9.76. The number of carbonyl (C=O) groups excluding carboxylic acids is 3. The molecule has 0 aliphatic carbocycles. The second-order valence-electron chi connectivity index (χ2n) is 8.41. The van der Waals surface area contributed by atoms with E-state index < -0.39 is 32.6 Å². The van der Waals surface area contributed by atoms with E-state index in [1.807, 2.05) is 19.9 Å². The Morgan fingerprint density at radius 2 is 1.57 bits per heavy atom. The average Bonchev–Trinajstić information content (AvgIpc) is 2.91. The predicted octanol–water partition coefficient (Wildman–Crippen LogP) is -2.51. The fourth-order valence-electron chi connectivity index (χ4n) is 3.46. The Morgan fingerprint density at radius 1 is 0.925 bits per heavy atom. The zero-order valence-corrected chi connectivity index (χ0v) is 27.9. The van der Waals surface area contributed by atoms with Crippen LogP contribution in [0.15, 0.2) is 65.6 Å². The number of benzene rings is 3. The molecule has 0 unspecified atom stereocenters. The minimum absolute atomic E-state index is 0. The van der Waals surface area contributed by atoms with Crippen molar-refractivity contribution in [1.29, 1.82) is 0 Å². The molecular weight excluding hydrogens is 554 g/mol. The van der Waals surface area contributed by atoms with Crippen molar-refractivity contribution >= 4 is 27.8 Å². The van der Waals surface area contributed by atoms with Crippen molar-refractivity contribution in [3.8, 4) is 5.75 Å². The van der Waals surface area contributed by atoms with Crippen LogP contribution in [0.5, 0.6) is 5.75 Å². The van der Waals surface area contributed by atoms with Gasteiger partial charge in [0.25, 0.3) is 5.91 Å². The van der Waals surface area contributed by atoms with E-state index in [4.69, 9.17) is 4.74 Å². The first kappa shape index (κ1) is 36.2. The summed E-state index contributed by atoms with van der Waals surface area (Å²) in [6.45, 7) is 5.83. The minimum atomic E-state index is -5.06. The van der Waals surface area contributed by atoms with Crippen LogP contribution < -0.4 is 74.5 Å². The van der Waals surface area contributed by atoms with E-state index in [1.54, 1.807) is 12.1 Å². The predicted molar refractivity (Wildman–Crippen MR) is 139 cm³/mol. The number of carbonyl (C=O) groups is 3. The van der Waals surface area contributed by atoms with Crippen LogP contribution in [0.3, 0.4) is 0 Å². The first-order valence-electron chi connectivity index (χ1n) is 12.1.